The van der Waals surface area contributed by atoms with Crippen LogP contribution in [0.15, 0.2) is 24.3 Å². The fraction of sp³-hybridized carbons (Fsp3) is 0.308. The van der Waals surface area contributed by atoms with E-state index in [2.05, 4.69) is 10.6 Å². The maximum atomic E-state index is 11.8. The Morgan fingerprint density at radius 3 is 2.21 bits per heavy atom. The maximum Gasteiger partial charge on any atom is 0.326 e. The molecule has 0 aliphatic heterocycles. The third-order valence-corrected chi connectivity index (χ3v) is 2.48. The lowest BCUT2D eigenvalue weighted by Gasteiger charge is -2.12. The van der Waals surface area contributed by atoms with Gasteiger partial charge in [0.1, 0.15) is 6.04 Å². The molecule has 19 heavy (non-hydrogen) atoms. The van der Waals surface area contributed by atoms with E-state index in [-0.39, 0.29) is 5.91 Å². The molecule has 1 rings (SSSR count). The zero-order valence-electron chi connectivity index (χ0n) is 10.8. The summed E-state index contributed by atoms with van der Waals surface area (Å²) >= 11 is 0. The molecule has 0 saturated heterocycles. The Balaban J connectivity index is 2.72. The fourth-order valence-electron chi connectivity index (χ4n) is 1.49. The SMILES string of the molecule is CC[C@H](NC(=O)c1ccc(NC(C)=O)cc1)C(=O)O. The summed E-state index contributed by atoms with van der Waals surface area (Å²) in [6, 6.07) is 5.31. The molecule has 3 N–H and O–H groups in total. The van der Waals surface area contributed by atoms with Crippen molar-refractivity contribution in [3.05, 3.63) is 29.8 Å². The topological polar surface area (TPSA) is 95.5 Å². The molecule has 0 spiro atoms. The number of benzene rings is 1. The highest BCUT2D eigenvalue weighted by Crippen LogP contribution is 2.09. The van der Waals surface area contributed by atoms with Gasteiger partial charge in [0.05, 0.1) is 0 Å². The lowest BCUT2D eigenvalue weighted by molar-refractivity contribution is -0.139. The van der Waals surface area contributed by atoms with Gasteiger partial charge in [-0.1, -0.05) is 6.92 Å². The zero-order valence-corrected chi connectivity index (χ0v) is 10.8. The van der Waals surface area contributed by atoms with E-state index in [0.29, 0.717) is 17.7 Å². The first kappa shape index (κ1) is 14.7. The van der Waals surface area contributed by atoms with Crippen molar-refractivity contribution in [2.24, 2.45) is 0 Å². The highest BCUT2D eigenvalue weighted by Gasteiger charge is 2.18. The quantitative estimate of drug-likeness (QED) is 0.745. The highest BCUT2D eigenvalue weighted by molar-refractivity contribution is 5.97. The van der Waals surface area contributed by atoms with Crippen LogP contribution >= 0.6 is 0 Å². The van der Waals surface area contributed by atoms with Crippen molar-refractivity contribution in [3.8, 4) is 0 Å². The third kappa shape index (κ3) is 4.42. The second-order valence-corrected chi connectivity index (χ2v) is 4.03. The van der Waals surface area contributed by atoms with E-state index in [0.717, 1.165) is 0 Å². The zero-order chi connectivity index (χ0) is 14.4. The van der Waals surface area contributed by atoms with Crippen molar-refractivity contribution in [2.45, 2.75) is 26.3 Å². The summed E-state index contributed by atoms with van der Waals surface area (Å²) in [5.41, 5.74) is 0.920. The first-order valence-corrected chi connectivity index (χ1v) is 5.85. The molecule has 0 radical (unpaired) electrons. The smallest absolute Gasteiger partial charge is 0.326 e. The molecule has 0 heterocycles. The highest BCUT2D eigenvalue weighted by atomic mass is 16.4. The van der Waals surface area contributed by atoms with Gasteiger partial charge in [0.25, 0.3) is 5.91 Å². The van der Waals surface area contributed by atoms with Crippen LogP contribution in [0.1, 0.15) is 30.6 Å². The van der Waals surface area contributed by atoms with Gasteiger partial charge >= 0.3 is 5.97 Å². The molecule has 0 unspecified atom stereocenters. The summed E-state index contributed by atoms with van der Waals surface area (Å²) in [4.78, 5) is 33.4. The first-order valence-electron chi connectivity index (χ1n) is 5.85. The summed E-state index contributed by atoms with van der Waals surface area (Å²) < 4.78 is 0. The molecule has 1 aromatic rings. The van der Waals surface area contributed by atoms with Crippen molar-refractivity contribution >= 4 is 23.5 Å². The van der Waals surface area contributed by atoms with E-state index in [1.165, 1.54) is 19.1 Å². The van der Waals surface area contributed by atoms with E-state index in [4.69, 9.17) is 5.11 Å². The second kappa shape index (κ2) is 6.53. The molecule has 0 fully saturated rings. The average molecular weight is 264 g/mol. The van der Waals surface area contributed by atoms with Gasteiger partial charge in [-0.25, -0.2) is 4.79 Å². The first-order chi connectivity index (χ1) is 8.93. The van der Waals surface area contributed by atoms with Gasteiger partial charge in [-0.2, -0.15) is 0 Å². The van der Waals surface area contributed by atoms with Gasteiger partial charge in [0.2, 0.25) is 5.91 Å². The molecule has 2 amide bonds. The molecule has 1 atom stereocenters. The fourth-order valence-corrected chi connectivity index (χ4v) is 1.49. The molecule has 0 aromatic heterocycles. The van der Waals surface area contributed by atoms with Crippen LogP contribution in [0.3, 0.4) is 0 Å². The van der Waals surface area contributed by atoms with Crippen molar-refractivity contribution in [1.82, 2.24) is 5.32 Å². The second-order valence-electron chi connectivity index (χ2n) is 4.03. The van der Waals surface area contributed by atoms with Gasteiger partial charge < -0.3 is 15.7 Å². The van der Waals surface area contributed by atoms with E-state index in [9.17, 15) is 14.4 Å². The Labute approximate surface area is 110 Å². The standard InChI is InChI=1S/C13H16N2O4/c1-3-11(13(18)19)15-12(17)9-4-6-10(7-5-9)14-8(2)16/h4-7,11H,3H2,1-2H3,(H,14,16)(H,15,17)(H,18,19)/t11-/m0/s1. The number of aliphatic carboxylic acids is 1. The average Bonchev–Trinajstić information content (AvgIpc) is 2.35. The minimum Gasteiger partial charge on any atom is -0.480 e. The minimum atomic E-state index is -1.06. The summed E-state index contributed by atoms with van der Waals surface area (Å²) in [7, 11) is 0. The molecule has 0 saturated carbocycles. The van der Waals surface area contributed by atoms with Gasteiger partial charge in [-0.05, 0) is 30.7 Å². The van der Waals surface area contributed by atoms with Gasteiger partial charge in [-0.3, -0.25) is 9.59 Å². The molecule has 102 valence electrons. The molecule has 0 aliphatic rings. The molecule has 6 nitrogen and oxygen atoms in total. The molecule has 1 aromatic carbocycles. The van der Waals surface area contributed by atoms with Crippen molar-refractivity contribution in [3.63, 3.8) is 0 Å². The number of carboxylic acids is 1. The number of carbonyl (C=O) groups is 3. The Hall–Kier alpha value is -2.37. The minimum absolute atomic E-state index is 0.200. The Bertz CT molecular complexity index is 482. The van der Waals surface area contributed by atoms with Crippen LogP contribution in [-0.4, -0.2) is 28.9 Å². The molecule has 6 heteroatoms. The number of hydrogen-bond donors (Lipinski definition) is 3. The predicted molar refractivity (Wildman–Crippen MR) is 69.9 cm³/mol. The third-order valence-electron chi connectivity index (χ3n) is 2.48. The molecule has 0 aliphatic carbocycles. The lowest BCUT2D eigenvalue weighted by Crippen LogP contribution is -2.40. The Morgan fingerprint density at radius 2 is 1.79 bits per heavy atom. The van der Waals surface area contributed by atoms with Crippen LogP contribution in [0.5, 0.6) is 0 Å². The van der Waals surface area contributed by atoms with Crippen LogP contribution < -0.4 is 10.6 Å². The van der Waals surface area contributed by atoms with Crippen LogP contribution in [0.25, 0.3) is 0 Å². The summed E-state index contributed by atoms with van der Waals surface area (Å²) in [6.45, 7) is 3.07. The monoisotopic (exact) mass is 264 g/mol. The number of nitrogens with one attached hydrogen (secondary N) is 2. The number of amides is 2. The van der Waals surface area contributed by atoms with Gasteiger partial charge in [0.15, 0.2) is 0 Å². The van der Waals surface area contributed by atoms with E-state index in [1.54, 1.807) is 19.1 Å². The van der Waals surface area contributed by atoms with Crippen LogP contribution in [0.2, 0.25) is 0 Å². The van der Waals surface area contributed by atoms with Crippen LogP contribution in [0, 0.1) is 0 Å². The van der Waals surface area contributed by atoms with E-state index >= 15 is 0 Å². The summed E-state index contributed by atoms with van der Waals surface area (Å²) in [5, 5.41) is 13.8. The van der Waals surface area contributed by atoms with Crippen molar-refractivity contribution in [2.75, 3.05) is 5.32 Å². The number of rotatable bonds is 5. The number of carboxylic acid groups (broad SMARTS) is 1. The number of hydrogen-bond acceptors (Lipinski definition) is 3. The van der Waals surface area contributed by atoms with E-state index in [1.807, 2.05) is 0 Å². The Morgan fingerprint density at radius 1 is 1.21 bits per heavy atom. The van der Waals surface area contributed by atoms with Crippen LogP contribution in [-0.2, 0) is 9.59 Å². The molecule has 0 bridgehead atoms. The lowest BCUT2D eigenvalue weighted by atomic mass is 10.1. The molecular formula is C13H16N2O4. The summed E-state index contributed by atoms with van der Waals surface area (Å²) in [5.74, 6) is -1.72. The number of anilines is 1. The van der Waals surface area contributed by atoms with Crippen LogP contribution in [0.4, 0.5) is 5.69 Å². The maximum absolute atomic E-state index is 11.8. The van der Waals surface area contributed by atoms with E-state index < -0.39 is 17.9 Å². The predicted octanol–water partition coefficient (Wildman–Crippen LogP) is 1.24. The van der Waals surface area contributed by atoms with Crippen molar-refractivity contribution < 1.29 is 19.5 Å². The largest absolute Gasteiger partial charge is 0.480 e. The van der Waals surface area contributed by atoms with Gasteiger partial charge in [-0.15, -0.1) is 0 Å². The normalized spacial score (nSPS) is 11.5. The van der Waals surface area contributed by atoms with Gasteiger partial charge in [0, 0.05) is 18.2 Å². The summed E-state index contributed by atoms with van der Waals surface area (Å²) in [6.07, 6.45) is 0.311. The van der Waals surface area contributed by atoms with Crippen molar-refractivity contribution in [1.29, 1.82) is 0 Å². The molecular weight excluding hydrogens is 248 g/mol. The number of carbonyl (C=O) groups excluding carboxylic acids is 2. The Kier molecular flexibility index (Phi) is 5.05.